The molecule has 1 saturated heterocycles. The van der Waals surface area contributed by atoms with E-state index in [4.69, 9.17) is 17.3 Å². The Hall–Kier alpha value is -1.06. The van der Waals surface area contributed by atoms with Crippen LogP contribution >= 0.6 is 11.6 Å². The first-order chi connectivity index (χ1) is 9.18. The van der Waals surface area contributed by atoms with E-state index in [1.54, 1.807) is 0 Å². The molecule has 0 saturated carbocycles. The number of primary amides is 1. The van der Waals surface area contributed by atoms with E-state index < -0.39 is 0 Å². The molecular formula is C15H21ClN2O. The molecule has 1 fully saturated rings. The molecule has 104 valence electrons. The third-order valence-corrected chi connectivity index (χ3v) is 4.09. The van der Waals surface area contributed by atoms with Crippen LogP contribution in [0.2, 0.25) is 5.02 Å². The van der Waals surface area contributed by atoms with Crippen molar-refractivity contribution in [2.45, 2.75) is 38.1 Å². The summed E-state index contributed by atoms with van der Waals surface area (Å²) in [5, 5.41) is 0.842. The van der Waals surface area contributed by atoms with Crippen LogP contribution in [0.3, 0.4) is 0 Å². The summed E-state index contributed by atoms with van der Waals surface area (Å²) >= 11 is 6.31. The second kappa shape index (κ2) is 6.92. The van der Waals surface area contributed by atoms with Gasteiger partial charge in [0, 0.05) is 17.5 Å². The van der Waals surface area contributed by atoms with E-state index in [1.165, 1.54) is 18.4 Å². The number of hydrogen-bond donors (Lipinski definition) is 1. The lowest BCUT2D eigenvalue weighted by Gasteiger charge is -2.36. The maximum atomic E-state index is 10.8. The Morgan fingerprint density at radius 1 is 1.37 bits per heavy atom. The van der Waals surface area contributed by atoms with Gasteiger partial charge in [-0.05, 0) is 44.0 Å². The average molecular weight is 281 g/mol. The second-order valence-corrected chi connectivity index (χ2v) is 5.55. The maximum Gasteiger partial charge on any atom is 0.217 e. The van der Waals surface area contributed by atoms with E-state index in [1.807, 2.05) is 18.2 Å². The number of benzene rings is 1. The highest BCUT2D eigenvalue weighted by Gasteiger charge is 2.24. The van der Waals surface area contributed by atoms with Crippen LogP contribution in [-0.2, 0) is 4.79 Å². The summed E-state index contributed by atoms with van der Waals surface area (Å²) in [5.41, 5.74) is 6.41. The SMILES string of the molecule is NC(=O)CCCN1CCCCC1c1ccccc1Cl. The quantitative estimate of drug-likeness (QED) is 0.901. The summed E-state index contributed by atoms with van der Waals surface area (Å²) < 4.78 is 0. The summed E-state index contributed by atoms with van der Waals surface area (Å²) in [4.78, 5) is 13.3. The molecule has 1 aliphatic rings. The second-order valence-electron chi connectivity index (χ2n) is 5.14. The molecule has 4 heteroatoms. The minimum atomic E-state index is -0.216. The molecule has 3 nitrogen and oxygen atoms in total. The minimum absolute atomic E-state index is 0.216. The average Bonchev–Trinajstić information content (AvgIpc) is 2.40. The molecule has 2 rings (SSSR count). The molecule has 1 aromatic carbocycles. The molecular weight excluding hydrogens is 260 g/mol. The molecule has 0 bridgehead atoms. The summed E-state index contributed by atoms with van der Waals surface area (Å²) in [6, 6.07) is 8.45. The first-order valence-electron chi connectivity index (χ1n) is 6.95. The molecule has 0 aromatic heterocycles. The molecule has 1 aliphatic heterocycles. The Morgan fingerprint density at radius 3 is 2.89 bits per heavy atom. The minimum Gasteiger partial charge on any atom is -0.370 e. The van der Waals surface area contributed by atoms with Crippen molar-refractivity contribution in [1.29, 1.82) is 0 Å². The van der Waals surface area contributed by atoms with Crippen LogP contribution < -0.4 is 5.73 Å². The Balaban J connectivity index is 2.03. The van der Waals surface area contributed by atoms with Gasteiger partial charge in [0.05, 0.1) is 0 Å². The van der Waals surface area contributed by atoms with Crippen LogP contribution in [0.4, 0.5) is 0 Å². The zero-order valence-electron chi connectivity index (χ0n) is 11.1. The van der Waals surface area contributed by atoms with Gasteiger partial charge < -0.3 is 5.73 Å². The Bertz CT molecular complexity index is 436. The first-order valence-corrected chi connectivity index (χ1v) is 7.33. The van der Waals surface area contributed by atoms with E-state index in [0.29, 0.717) is 12.5 Å². The van der Waals surface area contributed by atoms with E-state index in [-0.39, 0.29) is 5.91 Å². The van der Waals surface area contributed by atoms with Gasteiger partial charge in [-0.25, -0.2) is 0 Å². The fraction of sp³-hybridized carbons (Fsp3) is 0.533. The van der Waals surface area contributed by atoms with E-state index in [0.717, 1.165) is 31.0 Å². The van der Waals surface area contributed by atoms with Gasteiger partial charge >= 0.3 is 0 Å². The van der Waals surface area contributed by atoms with Crippen molar-refractivity contribution >= 4 is 17.5 Å². The van der Waals surface area contributed by atoms with Crippen molar-refractivity contribution in [3.63, 3.8) is 0 Å². The predicted octanol–water partition coefficient (Wildman–Crippen LogP) is 3.13. The number of rotatable bonds is 5. The Labute approximate surface area is 119 Å². The van der Waals surface area contributed by atoms with Crippen molar-refractivity contribution in [2.24, 2.45) is 5.73 Å². The zero-order valence-corrected chi connectivity index (χ0v) is 11.9. The van der Waals surface area contributed by atoms with E-state index >= 15 is 0 Å². The first kappa shape index (κ1) is 14.4. The standard InChI is InChI=1S/C15H21ClN2O/c16-13-7-2-1-6-12(13)14-8-3-4-10-18(14)11-5-9-15(17)19/h1-2,6-7,14H,3-5,8-11H2,(H2,17,19). The van der Waals surface area contributed by atoms with Crippen LogP contribution in [0.25, 0.3) is 0 Å². The third-order valence-electron chi connectivity index (χ3n) is 3.75. The molecule has 1 amide bonds. The van der Waals surface area contributed by atoms with E-state index in [2.05, 4.69) is 11.0 Å². The molecule has 2 N–H and O–H groups in total. The van der Waals surface area contributed by atoms with Gasteiger partial charge in [0.15, 0.2) is 0 Å². The summed E-state index contributed by atoms with van der Waals surface area (Å²) in [5.74, 6) is -0.216. The zero-order chi connectivity index (χ0) is 13.7. The Kier molecular flexibility index (Phi) is 5.23. The fourth-order valence-electron chi connectivity index (χ4n) is 2.81. The van der Waals surface area contributed by atoms with Crippen LogP contribution in [0.1, 0.15) is 43.7 Å². The van der Waals surface area contributed by atoms with Crippen molar-refractivity contribution in [3.8, 4) is 0 Å². The number of nitrogens with zero attached hydrogens (tertiary/aromatic N) is 1. The predicted molar refractivity (Wildman–Crippen MR) is 78.0 cm³/mol. The molecule has 1 unspecified atom stereocenters. The number of nitrogens with two attached hydrogens (primary N) is 1. The molecule has 19 heavy (non-hydrogen) atoms. The number of piperidine rings is 1. The monoisotopic (exact) mass is 280 g/mol. The molecule has 1 heterocycles. The van der Waals surface area contributed by atoms with Crippen LogP contribution in [0, 0.1) is 0 Å². The molecule has 0 spiro atoms. The topological polar surface area (TPSA) is 46.3 Å². The molecule has 1 atom stereocenters. The molecule has 1 aromatic rings. The van der Waals surface area contributed by atoms with Crippen molar-refractivity contribution in [2.75, 3.05) is 13.1 Å². The number of halogens is 1. The van der Waals surface area contributed by atoms with Gasteiger partial charge in [0.1, 0.15) is 0 Å². The van der Waals surface area contributed by atoms with Crippen LogP contribution in [0.5, 0.6) is 0 Å². The van der Waals surface area contributed by atoms with Gasteiger partial charge in [0.2, 0.25) is 5.91 Å². The van der Waals surface area contributed by atoms with Crippen molar-refractivity contribution in [1.82, 2.24) is 4.90 Å². The lowest BCUT2D eigenvalue weighted by molar-refractivity contribution is -0.118. The number of carbonyl (C=O) groups excluding carboxylic acids is 1. The third kappa shape index (κ3) is 3.95. The fourth-order valence-corrected chi connectivity index (χ4v) is 3.07. The van der Waals surface area contributed by atoms with Gasteiger partial charge in [-0.2, -0.15) is 0 Å². The Morgan fingerprint density at radius 2 is 2.16 bits per heavy atom. The number of hydrogen-bond acceptors (Lipinski definition) is 2. The number of likely N-dealkylation sites (tertiary alicyclic amines) is 1. The summed E-state index contributed by atoms with van der Waals surface area (Å²) in [7, 11) is 0. The van der Waals surface area contributed by atoms with Gasteiger partial charge in [-0.15, -0.1) is 0 Å². The van der Waals surface area contributed by atoms with E-state index in [9.17, 15) is 4.79 Å². The molecule has 0 radical (unpaired) electrons. The number of amides is 1. The highest BCUT2D eigenvalue weighted by Crippen LogP contribution is 2.34. The lowest BCUT2D eigenvalue weighted by Crippen LogP contribution is -2.34. The van der Waals surface area contributed by atoms with Gasteiger partial charge in [-0.3, -0.25) is 9.69 Å². The largest absolute Gasteiger partial charge is 0.370 e. The highest BCUT2D eigenvalue weighted by atomic mass is 35.5. The van der Waals surface area contributed by atoms with Gasteiger partial charge in [0.25, 0.3) is 0 Å². The maximum absolute atomic E-state index is 10.8. The summed E-state index contributed by atoms with van der Waals surface area (Å²) in [6.45, 7) is 1.99. The van der Waals surface area contributed by atoms with Crippen molar-refractivity contribution < 1.29 is 4.79 Å². The normalized spacial score (nSPS) is 20.4. The smallest absolute Gasteiger partial charge is 0.217 e. The van der Waals surface area contributed by atoms with Crippen LogP contribution in [0.15, 0.2) is 24.3 Å². The number of carbonyl (C=O) groups is 1. The van der Waals surface area contributed by atoms with Crippen molar-refractivity contribution in [3.05, 3.63) is 34.9 Å². The molecule has 0 aliphatic carbocycles. The van der Waals surface area contributed by atoms with Crippen LogP contribution in [-0.4, -0.2) is 23.9 Å². The van der Waals surface area contributed by atoms with Gasteiger partial charge in [-0.1, -0.05) is 36.2 Å². The highest BCUT2D eigenvalue weighted by molar-refractivity contribution is 6.31. The summed E-state index contributed by atoms with van der Waals surface area (Å²) in [6.07, 6.45) is 4.89. The lowest BCUT2D eigenvalue weighted by atomic mass is 9.95.